The number of likely N-dealkylation sites (N-methyl/N-ethyl adjacent to an activating group) is 1. The average molecular weight is 390 g/mol. The highest BCUT2D eigenvalue weighted by Crippen LogP contribution is 2.26. The van der Waals surface area contributed by atoms with E-state index < -0.39 is 17.9 Å². The van der Waals surface area contributed by atoms with Crippen LogP contribution in [0.25, 0.3) is 0 Å². The highest BCUT2D eigenvalue weighted by atomic mass is 16.5. The lowest BCUT2D eigenvalue weighted by molar-refractivity contribution is -0.156. The largest absolute Gasteiger partial charge is 0.480 e. The fraction of sp³-hybridized carbons (Fsp3) is 0.571. The van der Waals surface area contributed by atoms with Gasteiger partial charge in [0.15, 0.2) is 0 Å². The first-order chi connectivity index (χ1) is 13.5. The minimum absolute atomic E-state index is 0.0356. The van der Waals surface area contributed by atoms with Crippen molar-refractivity contribution in [2.24, 2.45) is 11.8 Å². The molecule has 0 bridgehead atoms. The van der Waals surface area contributed by atoms with Crippen LogP contribution in [0, 0.1) is 11.8 Å². The van der Waals surface area contributed by atoms with Crippen LogP contribution in [-0.2, 0) is 25.7 Å². The van der Waals surface area contributed by atoms with Crippen molar-refractivity contribution in [3.63, 3.8) is 0 Å². The van der Waals surface area contributed by atoms with Gasteiger partial charge < -0.3 is 15.2 Å². The maximum Gasteiger partial charge on any atom is 0.317 e. The molecule has 28 heavy (non-hydrogen) atoms. The van der Waals surface area contributed by atoms with E-state index in [9.17, 15) is 14.4 Å². The molecule has 0 aliphatic carbocycles. The molecule has 7 nitrogen and oxygen atoms in total. The zero-order chi connectivity index (χ0) is 20.4. The summed E-state index contributed by atoms with van der Waals surface area (Å²) in [4.78, 5) is 38.3. The summed E-state index contributed by atoms with van der Waals surface area (Å²) < 4.78 is 5.47. The minimum Gasteiger partial charge on any atom is -0.480 e. The number of nitrogens with zero attached hydrogens (tertiary/aromatic N) is 1. The summed E-state index contributed by atoms with van der Waals surface area (Å²) in [5.41, 5.74) is 0.881. The van der Waals surface area contributed by atoms with Crippen molar-refractivity contribution < 1.29 is 24.2 Å². The molecule has 1 fully saturated rings. The zero-order valence-electron chi connectivity index (χ0n) is 16.4. The van der Waals surface area contributed by atoms with Crippen LogP contribution in [0.2, 0.25) is 0 Å². The molecule has 1 unspecified atom stereocenters. The Bertz CT molecular complexity index is 643. The van der Waals surface area contributed by atoms with Crippen molar-refractivity contribution in [1.29, 1.82) is 0 Å². The van der Waals surface area contributed by atoms with Crippen molar-refractivity contribution in [2.45, 2.75) is 32.8 Å². The number of benzene rings is 1. The third-order valence-electron chi connectivity index (χ3n) is 5.16. The van der Waals surface area contributed by atoms with E-state index in [1.54, 1.807) is 4.90 Å². The standard InChI is InChI=1S/C21H30N2O5/c1-2-23(14-19(25)26)13-10-18(24)20(17-8-11-22-12-9-17)21(27)28-15-16-6-4-3-5-7-16/h3-7,17,20,22H,2,8-15H2,1H3,(H,25,26). The lowest BCUT2D eigenvalue weighted by atomic mass is 9.81. The number of carboxylic acids is 1. The lowest BCUT2D eigenvalue weighted by Gasteiger charge is -2.29. The Balaban J connectivity index is 1.99. The van der Waals surface area contributed by atoms with Gasteiger partial charge in [0.2, 0.25) is 0 Å². The van der Waals surface area contributed by atoms with Gasteiger partial charge in [0, 0.05) is 13.0 Å². The number of hydrogen-bond donors (Lipinski definition) is 2. The van der Waals surface area contributed by atoms with Gasteiger partial charge in [-0.3, -0.25) is 19.3 Å². The van der Waals surface area contributed by atoms with Gasteiger partial charge in [0.25, 0.3) is 0 Å². The van der Waals surface area contributed by atoms with Gasteiger partial charge in [-0.2, -0.15) is 0 Å². The second kappa shape index (κ2) is 11.6. The van der Waals surface area contributed by atoms with Crippen molar-refractivity contribution in [3.05, 3.63) is 35.9 Å². The van der Waals surface area contributed by atoms with E-state index in [2.05, 4.69) is 5.32 Å². The fourth-order valence-corrected chi connectivity index (χ4v) is 3.55. The van der Waals surface area contributed by atoms with Crippen LogP contribution in [0.3, 0.4) is 0 Å². The predicted octanol–water partition coefficient (Wildman–Crippen LogP) is 1.71. The number of aliphatic carboxylic acids is 1. The second-order valence-corrected chi connectivity index (χ2v) is 7.14. The summed E-state index contributed by atoms with van der Waals surface area (Å²) in [5.74, 6) is -2.37. The van der Waals surface area contributed by atoms with Gasteiger partial charge in [0.05, 0.1) is 6.54 Å². The van der Waals surface area contributed by atoms with E-state index in [-0.39, 0.29) is 31.3 Å². The van der Waals surface area contributed by atoms with Crippen LogP contribution >= 0.6 is 0 Å². The molecular weight excluding hydrogens is 360 g/mol. The van der Waals surface area contributed by atoms with Gasteiger partial charge in [0.1, 0.15) is 18.3 Å². The number of rotatable bonds is 11. The number of ether oxygens (including phenoxy) is 1. The van der Waals surface area contributed by atoms with E-state index in [1.165, 1.54) is 0 Å². The molecule has 0 radical (unpaired) electrons. The summed E-state index contributed by atoms with van der Waals surface area (Å²) in [7, 11) is 0. The Morgan fingerprint density at radius 2 is 1.89 bits per heavy atom. The molecule has 0 spiro atoms. The van der Waals surface area contributed by atoms with Crippen LogP contribution in [0.1, 0.15) is 31.7 Å². The van der Waals surface area contributed by atoms with Crippen LogP contribution < -0.4 is 5.32 Å². The molecule has 1 heterocycles. The molecule has 0 amide bonds. The highest BCUT2D eigenvalue weighted by molar-refractivity contribution is 5.99. The van der Waals surface area contributed by atoms with Crippen molar-refractivity contribution in [3.8, 4) is 0 Å². The maximum atomic E-state index is 12.9. The van der Waals surface area contributed by atoms with Gasteiger partial charge in [-0.25, -0.2) is 0 Å². The van der Waals surface area contributed by atoms with Crippen molar-refractivity contribution in [1.82, 2.24) is 10.2 Å². The van der Waals surface area contributed by atoms with Crippen LogP contribution in [-0.4, -0.2) is 60.5 Å². The Labute approximate surface area is 166 Å². The molecule has 1 aliphatic rings. The molecule has 1 aromatic carbocycles. The summed E-state index contributed by atoms with van der Waals surface area (Å²) >= 11 is 0. The van der Waals surface area contributed by atoms with E-state index in [0.29, 0.717) is 13.1 Å². The van der Waals surface area contributed by atoms with Gasteiger partial charge in [-0.15, -0.1) is 0 Å². The minimum atomic E-state index is -0.925. The van der Waals surface area contributed by atoms with Crippen LogP contribution in [0.15, 0.2) is 30.3 Å². The van der Waals surface area contributed by atoms with Gasteiger partial charge in [-0.05, 0) is 44.0 Å². The summed E-state index contributed by atoms with van der Waals surface area (Å²) in [6.45, 7) is 4.31. The summed E-state index contributed by atoms with van der Waals surface area (Å²) in [5, 5.41) is 12.2. The Kier molecular flexibility index (Phi) is 9.10. The highest BCUT2D eigenvalue weighted by Gasteiger charge is 2.36. The molecule has 2 N–H and O–H groups in total. The van der Waals surface area contributed by atoms with E-state index in [0.717, 1.165) is 31.5 Å². The quantitative estimate of drug-likeness (QED) is 0.439. The molecule has 1 saturated heterocycles. The Hall–Kier alpha value is -2.25. The number of ketones is 1. The first-order valence-corrected chi connectivity index (χ1v) is 9.89. The molecule has 0 aromatic heterocycles. The number of carbonyl (C=O) groups is 3. The average Bonchev–Trinajstić information content (AvgIpc) is 2.71. The van der Waals surface area contributed by atoms with Gasteiger partial charge >= 0.3 is 11.9 Å². The molecule has 7 heteroatoms. The number of esters is 1. The number of nitrogens with one attached hydrogen (secondary N) is 1. The molecule has 1 aliphatic heterocycles. The Morgan fingerprint density at radius 1 is 1.21 bits per heavy atom. The second-order valence-electron chi connectivity index (χ2n) is 7.14. The first kappa shape index (κ1) is 22.0. The lowest BCUT2D eigenvalue weighted by Crippen LogP contribution is -2.40. The van der Waals surface area contributed by atoms with Crippen molar-refractivity contribution in [2.75, 3.05) is 32.7 Å². The number of Topliss-reactive ketones (excluding diaryl/α,β-unsaturated/α-hetero) is 1. The van der Waals surface area contributed by atoms with Crippen LogP contribution in [0.5, 0.6) is 0 Å². The van der Waals surface area contributed by atoms with Gasteiger partial charge in [-0.1, -0.05) is 37.3 Å². The number of hydrogen-bond acceptors (Lipinski definition) is 6. The predicted molar refractivity (Wildman–Crippen MR) is 105 cm³/mol. The first-order valence-electron chi connectivity index (χ1n) is 9.89. The molecule has 2 rings (SSSR count). The van der Waals surface area contributed by atoms with E-state index >= 15 is 0 Å². The molecular formula is C21H30N2O5. The Morgan fingerprint density at radius 3 is 2.50 bits per heavy atom. The molecule has 1 atom stereocenters. The van der Waals surface area contributed by atoms with E-state index in [4.69, 9.17) is 9.84 Å². The third-order valence-corrected chi connectivity index (χ3v) is 5.16. The summed E-state index contributed by atoms with van der Waals surface area (Å²) in [6, 6.07) is 9.39. The fourth-order valence-electron chi connectivity index (χ4n) is 3.55. The normalized spacial score (nSPS) is 15.9. The molecule has 154 valence electrons. The summed E-state index contributed by atoms with van der Waals surface area (Å²) in [6.07, 6.45) is 1.66. The smallest absolute Gasteiger partial charge is 0.317 e. The topological polar surface area (TPSA) is 95.9 Å². The number of piperidine rings is 1. The number of carbonyl (C=O) groups excluding carboxylic acids is 2. The third kappa shape index (κ3) is 7.05. The van der Waals surface area contributed by atoms with Crippen molar-refractivity contribution >= 4 is 17.7 Å². The monoisotopic (exact) mass is 390 g/mol. The molecule has 0 saturated carbocycles. The van der Waals surface area contributed by atoms with E-state index in [1.807, 2.05) is 37.3 Å². The van der Waals surface area contributed by atoms with Crippen LogP contribution in [0.4, 0.5) is 0 Å². The number of carboxylic acid groups (broad SMARTS) is 1. The zero-order valence-corrected chi connectivity index (χ0v) is 16.4. The maximum absolute atomic E-state index is 12.9. The SMILES string of the molecule is CCN(CCC(=O)C(C(=O)OCc1ccccc1)C1CCNCC1)CC(=O)O. The molecule has 1 aromatic rings.